The highest BCUT2D eigenvalue weighted by molar-refractivity contribution is 6.34. The van der Waals surface area contributed by atoms with Gasteiger partial charge in [-0.1, -0.05) is 40.7 Å². The molecule has 3 fully saturated rings. The zero-order chi connectivity index (χ0) is 29.8. The molecule has 2 N–H and O–H groups in total. The van der Waals surface area contributed by atoms with E-state index < -0.39 is 81.0 Å². The quantitative estimate of drug-likeness (QED) is 0.316. The number of aliphatic hydroxyl groups excluding tert-OH is 2. The smallest absolute Gasteiger partial charge is 0.306 e. The first kappa shape index (κ1) is 31.2. The molecule has 8 nitrogen and oxygen atoms in total. The minimum atomic E-state index is -1.69. The molecule has 0 aliphatic heterocycles. The summed E-state index contributed by atoms with van der Waals surface area (Å²) in [5.74, 6) is -3.78. The number of ketones is 2. The average molecular weight is 600 g/mol. The lowest BCUT2D eigenvalue weighted by molar-refractivity contribution is -0.201. The van der Waals surface area contributed by atoms with E-state index in [0.717, 1.165) is 0 Å². The molecular weight excluding hydrogens is 559 g/mol. The van der Waals surface area contributed by atoms with Crippen molar-refractivity contribution >= 4 is 46.7 Å². The summed E-state index contributed by atoms with van der Waals surface area (Å²) in [4.78, 5) is 50.2. The van der Waals surface area contributed by atoms with E-state index in [-0.39, 0.29) is 25.0 Å². The molecule has 0 amide bonds. The lowest BCUT2D eigenvalue weighted by Gasteiger charge is -2.65. The molecule has 40 heavy (non-hydrogen) atoms. The molecule has 4 aliphatic carbocycles. The summed E-state index contributed by atoms with van der Waals surface area (Å²) in [7, 11) is 0. The van der Waals surface area contributed by atoms with Crippen LogP contribution in [0.15, 0.2) is 23.8 Å². The zero-order valence-electron chi connectivity index (χ0n) is 23.7. The lowest BCUT2D eigenvalue weighted by Crippen LogP contribution is -2.73. The fourth-order valence-electron chi connectivity index (χ4n) is 8.32. The summed E-state index contributed by atoms with van der Waals surface area (Å²) in [6.45, 7) is 8.54. The molecule has 0 saturated heterocycles. The third-order valence-corrected chi connectivity index (χ3v) is 11.7. The van der Waals surface area contributed by atoms with Crippen LogP contribution in [0.1, 0.15) is 73.1 Å². The maximum absolute atomic E-state index is 14.1. The van der Waals surface area contributed by atoms with Crippen molar-refractivity contribution in [1.29, 1.82) is 0 Å². The van der Waals surface area contributed by atoms with Crippen LogP contribution >= 0.6 is 23.2 Å². The van der Waals surface area contributed by atoms with E-state index in [1.165, 1.54) is 12.2 Å². The van der Waals surface area contributed by atoms with Gasteiger partial charge in [-0.05, 0) is 49.3 Å². The summed E-state index contributed by atoms with van der Waals surface area (Å²) >= 11 is 14.7. The Morgan fingerprint density at radius 3 is 2.35 bits per heavy atom. The second kappa shape index (κ2) is 10.8. The number of alkyl halides is 2. The first-order chi connectivity index (χ1) is 18.6. The number of carbonyl (C=O) groups excluding carboxylic acids is 4. The molecule has 0 aromatic carbocycles. The number of fused-ring (bicyclic) bond motifs is 5. The molecule has 0 unspecified atom stereocenters. The predicted molar refractivity (Wildman–Crippen MR) is 149 cm³/mol. The summed E-state index contributed by atoms with van der Waals surface area (Å²) in [5.41, 5.74) is -3.56. The van der Waals surface area contributed by atoms with E-state index in [1.807, 2.05) is 27.7 Å². The van der Waals surface area contributed by atoms with E-state index in [4.69, 9.17) is 32.7 Å². The van der Waals surface area contributed by atoms with Crippen LogP contribution in [0.4, 0.5) is 0 Å². The Morgan fingerprint density at radius 1 is 1.10 bits per heavy atom. The molecular formula is C30H40Cl2O8. The topological polar surface area (TPSA) is 127 Å². The fourth-order valence-corrected chi connectivity index (χ4v) is 9.54. The van der Waals surface area contributed by atoms with Crippen LogP contribution in [0.5, 0.6) is 0 Å². The van der Waals surface area contributed by atoms with Gasteiger partial charge in [0, 0.05) is 35.5 Å². The van der Waals surface area contributed by atoms with Gasteiger partial charge in [0.2, 0.25) is 5.78 Å². The molecule has 0 bridgehead atoms. The van der Waals surface area contributed by atoms with E-state index in [9.17, 15) is 29.4 Å². The van der Waals surface area contributed by atoms with Gasteiger partial charge in [0.15, 0.2) is 18.0 Å². The maximum atomic E-state index is 14.1. The van der Waals surface area contributed by atoms with Gasteiger partial charge in [-0.3, -0.25) is 19.2 Å². The summed E-state index contributed by atoms with van der Waals surface area (Å²) in [5, 5.41) is 22.1. The number of aliphatic hydroxyl groups is 2. The Kier molecular flexibility index (Phi) is 8.45. The van der Waals surface area contributed by atoms with Crippen LogP contribution in [0.25, 0.3) is 0 Å². The van der Waals surface area contributed by atoms with Crippen LogP contribution in [-0.2, 0) is 28.7 Å². The summed E-state index contributed by atoms with van der Waals surface area (Å²) in [6.07, 6.45) is 3.39. The van der Waals surface area contributed by atoms with Gasteiger partial charge >= 0.3 is 11.9 Å². The Morgan fingerprint density at radius 2 is 1.73 bits per heavy atom. The predicted octanol–water partition coefficient (Wildman–Crippen LogP) is 4.06. The second-order valence-corrected chi connectivity index (χ2v) is 13.5. The van der Waals surface area contributed by atoms with Crippen LogP contribution in [0.2, 0.25) is 0 Å². The molecule has 0 heterocycles. The second-order valence-electron chi connectivity index (χ2n) is 12.4. The number of esters is 2. The SMILES string of the molecule is CCCC(=O)OCC(=O)[C@]1(OC(=O)CCC)[C@H](C)C[C@H]2[C@@H]3[C@@H](O)[C@@H](O)C4=CC(=O)C=C[C@]4(C)[C@@]3(Cl)[C@@H](Cl)C[C@@]21C. The molecule has 4 aliphatic rings. The van der Waals surface area contributed by atoms with Crippen LogP contribution < -0.4 is 0 Å². The Bertz CT molecular complexity index is 1150. The highest BCUT2D eigenvalue weighted by Crippen LogP contribution is 2.73. The highest BCUT2D eigenvalue weighted by atomic mass is 35.5. The maximum Gasteiger partial charge on any atom is 0.306 e. The van der Waals surface area contributed by atoms with Gasteiger partial charge < -0.3 is 19.7 Å². The Balaban J connectivity index is 1.84. The number of hydrogen-bond acceptors (Lipinski definition) is 8. The van der Waals surface area contributed by atoms with Crippen molar-refractivity contribution < 1.29 is 38.9 Å². The van der Waals surface area contributed by atoms with Gasteiger partial charge in [-0.2, -0.15) is 0 Å². The summed E-state index contributed by atoms with van der Waals surface area (Å²) < 4.78 is 11.5. The fraction of sp³-hybridized carbons (Fsp3) is 0.733. The number of rotatable bonds is 8. The largest absolute Gasteiger partial charge is 0.457 e. The van der Waals surface area contributed by atoms with E-state index in [0.29, 0.717) is 24.8 Å². The molecule has 0 radical (unpaired) electrons. The van der Waals surface area contributed by atoms with Gasteiger partial charge in [0.25, 0.3) is 0 Å². The number of carbonyl (C=O) groups is 4. The van der Waals surface area contributed by atoms with E-state index in [2.05, 4.69) is 0 Å². The molecule has 3 saturated carbocycles. The van der Waals surface area contributed by atoms with E-state index >= 15 is 0 Å². The molecule has 0 aromatic rings. The van der Waals surface area contributed by atoms with E-state index in [1.54, 1.807) is 13.0 Å². The third-order valence-electron chi connectivity index (χ3n) is 10.2. The number of halogens is 2. The monoisotopic (exact) mass is 598 g/mol. The van der Waals surface area contributed by atoms with Crippen molar-refractivity contribution in [2.45, 2.75) is 101 Å². The minimum Gasteiger partial charge on any atom is -0.457 e. The van der Waals surface area contributed by atoms with Crippen LogP contribution in [-0.4, -0.2) is 68.4 Å². The van der Waals surface area contributed by atoms with Gasteiger partial charge in [0.05, 0.1) is 16.4 Å². The van der Waals surface area contributed by atoms with Crippen LogP contribution in [0.3, 0.4) is 0 Å². The van der Waals surface area contributed by atoms with Gasteiger partial charge in [0.1, 0.15) is 6.10 Å². The zero-order valence-corrected chi connectivity index (χ0v) is 25.3. The molecule has 222 valence electrons. The Labute approximate surface area is 245 Å². The molecule has 4 rings (SSSR count). The Hall–Kier alpha value is -1.74. The van der Waals surface area contributed by atoms with Crippen molar-refractivity contribution in [3.8, 4) is 0 Å². The molecule has 10 atom stereocenters. The van der Waals surface area contributed by atoms with Crippen molar-refractivity contribution in [3.63, 3.8) is 0 Å². The minimum absolute atomic E-state index is 0.0949. The number of allylic oxidation sites excluding steroid dienone is 3. The molecule has 0 aromatic heterocycles. The number of hydrogen-bond donors (Lipinski definition) is 2. The summed E-state index contributed by atoms with van der Waals surface area (Å²) in [6, 6.07) is 0. The third kappa shape index (κ3) is 4.23. The normalized spacial score (nSPS) is 43.7. The average Bonchev–Trinajstić information content (AvgIpc) is 3.09. The lowest BCUT2D eigenvalue weighted by atomic mass is 9.45. The van der Waals surface area contributed by atoms with Crippen molar-refractivity contribution in [2.24, 2.45) is 28.6 Å². The van der Waals surface area contributed by atoms with Gasteiger partial charge in [-0.25, -0.2) is 0 Å². The number of ether oxygens (including phenoxy) is 2. The molecule has 10 heteroatoms. The number of Topliss-reactive ketones (excluding diaryl/α,β-unsaturated/α-hetero) is 1. The van der Waals surface area contributed by atoms with Crippen molar-refractivity contribution in [2.75, 3.05) is 6.61 Å². The first-order valence-corrected chi connectivity index (χ1v) is 15.0. The molecule has 0 spiro atoms. The standard InChI is InChI=1S/C30H40Cl2O8/c1-6-8-22(35)39-15-21(34)30(40-23(36)9-7-2)16(3)12-18-24-26(38)25(37)19-13-17(33)10-11-27(19,4)29(24,32)20(31)14-28(18,30)5/h10-11,13,16,18,20,24-26,37-38H,6-9,12,14-15H2,1-5H3/t16-,18+,20+,24-,25+,26-,27+,28+,29-,30-/m1/s1. The van der Waals surface area contributed by atoms with Crippen molar-refractivity contribution in [1.82, 2.24) is 0 Å². The van der Waals surface area contributed by atoms with Crippen LogP contribution in [0, 0.1) is 28.6 Å². The highest BCUT2D eigenvalue weighted by Gasteiger charge is 2.78. The van der Waals surface area contributed by atoms with Crippen molar-refractivity contribution in [3.05, 3.63) is 23.8 Å². The van der Waals surface area contributed by atoms with Gasteiger partial charge in [-0.15, -0.1) is 23.2 Å². The first-order valence-electron chi connectivity index (χ1n) is 14.2.